The van der Waals surface area contributed by atoms with E-state index >= 15 is 0 Å². The van der Waals surface area contributed by atoms with Gasteiger partial charge in [-0.25, -0.2) is 4.68 Å². The Labute approximate surface area is 140 Å². The fraction of sp³-hybridized carbons (Fsp3) is 0.375. The van der Waals surface area contributed by atoms with Crippen LogP contribution in [0.15, 0.2) is 30.5 Å². The van der Waals surface area contributed by atoms with Crippen LogP contribution in [-0.2, 0) is 15.1 Å². The molecule has 3 N–H and O–H groups in total. The molecule has 1 heterocycles. The van der Waals surface area contributed by atoms with Gasteiger partial charge in [0.2, 0.25) is 11.8 Å². The normalized spacial score (nSPS) is 12.7. The second kappa shape index (κ2) is 6.79. The summed E-state index contributed by atoms with van der Waals surface area (Å²) in [7, 11) is 1.59. The molecule has 1 atom stereocenters. The first-order chi connectivity index (χ1) is 11.2. The van der Waals surface area contributed by atoms with Gasteiger partial charge in [-0.2, -0.15) is 0 Å². The summed E-state index contributed by atoms with van der Waals surface area (Å²) in [6.45, 7) is 5.45. The number of nitrogens with zero attached hydrogens (tertiary/aromatic N) is 3. The largest absolute Gasteiger partial charge is 0.372 e. The molecule has 2 rings (SSSR count). The van der Waals surface area contributed by atoms with Crippen molar-refractivity contribution in [3.05, 3.63) is 41.7 Å². The number of primary amides is 1. The molecule has 0 bridgehead atoms. The van der Waals surface area contributed by atoms with Gasteiger partial charge in [-0.05, 0) is 45.0 Å². The third-order valence-corrected chi connectivity index (χ3v) is 3.85. The molecule has 0 fully saturated rings. The van der Waals surface area contributed by atoms with Crippen LogP contribution in [0.4, 0.5) is 5.69 Å². The molecule has 128 valence electrons. The van der Waals surface area contributed by atoms with Gasteiger partial charge in [-0.15, -0.1) is 5.10 Å². The first kappa shape index (κ1) is 17.6. The number of nitrogens with one attached hydrogen (secondary N) is 1. The highest BCUT2D eigenvalue weighted by atomic mass is 16.5. The van der Waals surface area contributed by atoms with Gasteiger partial charge in [0.05, 0.1) is 6.20 Å². The second-order valence-corrected chi connectivity index (χ2v) is 5.91. The van der Waals surface area contributed by atoms with Crippen molar-refractivity contribution in [3.8, 4) is 0 Å². The van der Waals surface area contributed by atoms with Crippen LogP contribution in [0.2, 0.25) is 0 Å². The average Bonchev–Trinajstić information content (AvgIpc) is 3.05. The molecule has 0 saturated carbocycles. The topological polar surface area (TPSA) is 112 Å². The SMILES string of the molecule is COC(C)(C)c1cn(C(C)C(=O)Nc2ccc(C(N)=O)cc2)nn1. The van der Waals surface area contributed by atoms with Crippen molar-refractivity contribution in [3.63, 3.8) is 0 Å². The summed E-state index contributed by atoms with van der Waals surface area (Å²) in [5.41, 5.74) is 6.18. The minimum atomic E-state index is -0.584. The van der Waals surface area contributed by atoms with E-state index in [0.29, 0.717) is 16.9 Å². The Hall–Kier alpha value is -2.74. The maximum Gasteiger partial charge on any atom is 0.249 e. The standard InChI is InChI=1S/C16H21N5O3/c1-10(21-9-13(19-20-21)16(2,3)24-4)15(23)18-12-7-5-11(6-8-12)14(17)22/h5-10H,1-4H3,(H2,17,22)(H,18,23). The van der Waals surface area contributed by atoms with Gasteiger partial charge in [-0.3, -0.25) is 9.59 Å². The van der Waals surface area contributed by atoms with Crippen molar-refractivity contribution in [1.29, 1.82) is 0 Å². The van der Waals surface area contributed by atoms with Crippen LogP contribution in [0, 0.1) is 0 Å². The van der Waals surface area contributed by atoms with E-state index in [2.05, 4.69) is 15.6 Å². The number of hydrogen-bond acceptors (Lipinski definition) is 5. The molecule has 1 unspecified atom stereocenters. The van der Waals surface area contributed by atoms with Crippen LogP contribution in [-0.4, -0.2) is 33.9 Å². The van der Waals surface area contributed by atoms with E-state index < -0.39 is 17.6 Å². The van der Waals surface area contributed by atoms with Crippen molar-refractivity contribution in [2.75, 3.05) is 12.4 Å². The molecule has 8 nitrogen and oxygen atoms in total. The van der Waals surface area contributed by atoms with Gasteiger partial charge < -0.3 is 15.8 Å². The molecular formula is C16H21N5O3. The van der Waals surface area contributed by atoms with Crippen molar-refractivity contribution in [2.45, 2.75) is 32.4 Å². The zero-order valence-corrected chi connectivity index (χ0v) is 14.1. The Kier molecular flexibility index (Phi) is 4.99. The summed E-state index contributed by atoms with van der Waals surface area (Å²) >= 11 is 0. The first-order valence-electron chi connectivity index (χ1n) is 7.43. The van der Waals surface area contributed by atoms with Crippen LogP contribution in [0.5, 0.6) is 0 Å². The molecule has 0 radical (unpaired) electrons. The number of benzene rings is 1. The van der Waals surface area contributed by atoms with Crippen LogP contribution >= 0.6 is 0 Å². The van der Waals surface area contributed by atoms with Gasteiger partial charge in [0.15, 0.2) is 0 Å². The Balaban J connectivity index is 2.08. The number of hydrogen-bond donors (Lipinski definition) is 2. The van der Waals surface area contributed by atoms with E-state index in [1.165, 1.54) is 4.68 Å². The van der Waals surface area contributed by atoms with Crippen LogP contribution in [0.3, 0.4) is 0 Å². The Morgan fingerprint density at radius 2 is 1.92 bits per heavy atom. The molecule has 1 aromatic heterocycles. The third kappa shape index (κ3) is 3.77. The summed E-state index contributed by atoms with van der Waals surface area (Å²) in [5.74, 6) is -0.773. The Bertz CT molecular complexity index is 736. The monoisotopic (exact) mass is 331 g/mol. The fourth-order valence-electron chi connectivity index (χ4n) is 1.93. The highest BCUT2D eigenvalue weighted by molar-refractivity contribution is 5.95. The molecule has 24 heavy (non-hydrogen) atoms. The third-order valence-electron chi connectivity index (χ3n) is 3.85. The highest BCUT2D eigenvalue weighted by Crippen LogP contribution is 2.22. The number of amides is 2. The molecule has 2 amide bonds. The van der Waals surface area contributed by atoms with Crippen molar-refractivity contribution < 1.29 is 14.3 Å². The summed E-state index contributed by atoms with van der Waals surface area (Å²) in [4.78, 5) is 23.4. The lowest BCUT2D eigenvalue weighted by atomic mass is 10.1. The first-order valence-corrected chi connectivity index (χ1v) is 7.43. The summed E-state index contributed by atoms with van der Waals surface area (Å²) < 4.78 is 6.82. The van der Waals surface area contributed by atoms with E-state index in [1.54, 1.807) is 44.5 Å². The van der Waals surface area contributed by atoms with Crippen LogP contribution in [0.25, 0.3) is 0 Å². The molecule has 0 aliphatic rings. The molecule has 0 aliphatic heterocycles. The van der Waals surface area contributed by atoms with Gasteiger partial charge in [0.25, 0.3) is 0 Å². The summed E-state index contributed by atoms with van der Waals surface area (Å²) in [5, 5.41) is 10.8. The van der Waals surface area contributed by atoms with Gasteiger partial charge >= 0.3 is 0 Å². The minimum Gasteiger partial charge on any atom is -0.372 e. The number of aromatic nitrogens is 3. The van der Waals surface area contributed by atoms with Crippen LogP contribution < -0.4 is 11.1 Å². The molecule has 0 saturated heterocycles. The number of methoxy groups -OCH3 is 1. The Morgan fingerprint density at radius 3 is 2.46 bits per heavy atom. The molecule has 8 heteroatoms. The van der Waals surface area contributed by atoms with E-state index in [-0.39, 0.29) is 5.91 Å². The smallest absolute Gasteiger partial charge is 0.249 e. The Morgan fingerprint density at radius 1 is 1.29 bits per heavy atom. The quantitative estimate of drug-likeness (QED) is 0.832. The van der Waals surface area contributed by atoms with E-state index in [1.807, 2.05) is 13.8 Å². The van der Waals surface area contributed by atoms with Crippen molar-refractivity contribution in [2.24, 2.45) is 5.73 Å². The lowest BCUT2D eigenvalue weighted by Crippen LogP contribution is -2.24. The molecule has 0 aliphatic carbocycles. The average molecular weight is 331 g/mol. The summed E-state index contributed by atoms with van der Waals surface area (Å²) in [6, 6.07) is 5.78. The van der Waals surface area contributed by atoms with Gasteiger partial charge in [-0.1, -0.05) is 5.21 Å². The van der Waals surface area contributed by atoms with E-state index in [4.69, 9.17) is 10.5 Å². The molecule has 0 spiro atoms. The van der Waals surface area contributed by atoms with Crippen LogP contribution in [0.1, 0.15) is 42.9 Å². The van der Waals surface area contributed by atoms with E-state index in [0.717, 1.165) is 0 Å². The number of ether oxygens (including phenoxy) is 1. The lowest BCUT2D eigenvalue weighted by molar-refractivity contribution is -0.119. The molecule has 1 aromatic carbocycles. The zero-order chi connectivity index (χ0) is 17.9. The molecular weight excluding hydrogens is 310 g/mol. The van der Waals surface area contributed by atoms with E-state index in [9.17, 15) is 9.59 Å². The number of rotatable bonds is 6. The predicted molar refractivity (Wildman–Crippen MR) is 88.4 cm³/mol. The van der Waals surface area contributed by atoms with Crippen molar-refractivity contribution in [1.82, 2.24) is 15.0 Å². The number of carbonyl (C=O) groups is 2. The van der Waals surface area contributed by atoms with Crippen molar-refractivity contribution >= 4 is 17.5 Å². The number of nitrogens with two attached hydrogens (primary N) is 1. The maximum absolute atomic E-state index is 12.3. The zero-order valence-electron chi connectivity index (χ0n) is 14.1. The van der Waals surface area contributed by atoms with Gasteiger partial charge in [0, 0.05) is 18.4 Å². The fourth-order valence-corrected chi connectivity index (χ4v) is 1.93. The highest BCUT2D eigenvalue weighted by Gasteiger charge is 2.25. The second-order valence-electron chi connectivity index (χ2n) is 5.91. The van der Waals surface area contributed by atoms with Gasteiger partial charge in [0.1, 0.15) is 17.3 Å². The molecule has 2 aromatic rings. The predicted octanol–water partition coefficient (Wildman–Crippen LogP) is 1.46. The number of anilines is 1. The maximum atomic E-state index is 12.3. The number of carbonyl (C=O) groups excluding carboxylic acids is 2. The lowest BCUT2D eigenvalue weighted by Gasteiger charge is -2.19. The summed E-state index contributed by atoms with van der Waals surface area (Å²) in [6.07, 6.45) is 1.68. The minimum absolute atomic E-state index is 0.256.